The first-order valence-electron chi connectivity index (χ1n) is 8.45. The van der Waals surface area contributed by atoms with E-state index in [4.69, 9.17) is 21.3 Å². The summed E-state index contributed by atoms with van der Waals surface area (Å²) in [5, 5.41) is 1.04. The maximum Gasteiger partial charge on any atom is 0.148 e. The average molecular weight is 369 g/mol. The molecule has 2 aromatic heterocycles. The van der Waals surface area contributed by atoms with Crippen molar-refractivity contribution < 1.29 is 9.15 Å². The van der Waals surface area contributed by atoms with Gasteiger partial charge < -0.3 is 14.9 Å². The van der Waals surface area contributed by atoms with Crippen molar-refractivity contribution in [1.82, 2.24) is 4.98 Å². The number of benzene rings is 1. The lowest BCUT2D eigenvalue weighted by atomic mass is 10.1. The zero-order chi connectivity index (χ0) is 18.8. The van der Waals surface area contributed by atoms with E-state index in [0.29, 0.717) is 6.54 Å². The smallest absolute Gasteiger partial charge is 0.148 e. The summed E-state index contributed by atoms with van der Waals surface area (Å²) in [5.74, 6) is 6.29. The number of ether oxygens (including phenoxy) is 1. The quantitative estimate of drug-likeness (QED) is 0.647. The summed E-state index contributed by atoms with van der Waals surface area (Å²) < 4.78 is 11.4. The molecule has 26 heavy (non-hydrogen) atoms. The standard InChI is InChI=1S/C15H16O2S.C6H8N2/c1-4-9-16-12-7-6-8-13-15(12)11(3)14(17-13)10-18-5-2;7-4-6-2-1-3-8-5-6/h1,6-8H,5,9-10H2,2-3H3;1-3,5H,4,7H2. The van der Waals surface area contributed by atoms with Crippen molar-refractivity contribution in [3.8, 4) is 18.1 Å². The Morgan fingerprint density at radius 1 is 1.31 bits per heavy atom. The number of hydrogen-bond donors (Lipinski definition) is 1. The molecule has 0 saturated heterocycles. The lowest BCUT2D eigenvalue weighted by Gasteiger charge is -2.03. The van der Waals surface area contributed by atoms with Gasteiger partial charge in [0.15, 0.2) is 0 Å². The molecule has 0 aliphatic carbocycles. The van der Waals surface area contributed by atoms with E-state index in [9.17, 15) is 0 Å². The number of nitrogens with zero attached hydrogens (tertiary/aromatic N) is 1. The van der Waals surface area contributed by atoms with Gasteiger partial charge in [0.1, 0.15) is 23.7 Å². The summed E-state index contributed by atoms with van der Waals surface area (Å²) in [6.45, 7) is 5.07. The number of fused-ring (bicyclic) bond motifs is 1. The van der Waals surface area contributed by atoms with Crippen LogP contribution in [0.2, 0.25) is 0 Å². The van der Waals surface area contributed by atoms with E-state index in [2.05, 4.69) is 24.8 Å². The molecule has 0 saturated carbocycles. The first kappa shape index (κ1) is 19.9. The Balaban J connectivity index is 0.000000254. The van der Waals surface area contributed by atoms with Crippen LogP contribution >= 0.6 is 11.8 Å². The van der Waals surface area contributed by atoms with E-state index in [0.717, 1.165) is 45.1 Å². The Hall–Kier alpha value is -2.42. The van der Waals surface area contributed by atoms with Crippen molar-refractivity contribution in [3.05, 3.63) is 59.6 Å². The van der Waals surface area contributed by atoms with E-state index in [1.165, 1.54) is 0 Å². The van der Waals surface area contributed by atoms with Gasteiger partial charge in [0.2, 0.25) is 0 Å². The summed E-state index contributed by atoms with van der Waals surface area (Å²) in [6.07, 6.45) is 8.73. The Labute approximate surface area is 159 Å². The third-order valence-electron chi connectivity index (χ3n) is 3.72. The molecule has 2 heterocycles. The minimum absolute atomic E-state index is 0.281. The zero-order valence-corrected chi connectivity index (χ0v) is 16.0. The molecule has 0 bridgehead atoms. The predicted molar refractivity (Wildman–Crippen MR) is 109 cm³/mol. The van der Waals surface area contributed by atoms with E-state index in [1.807, 2.05) is 42.1 Å². The highest BCUT2D eigenvalue weighted by Gasteiger charge is 2.14. The largest absolute Gasteiger partial charge is 0.480 e. The van der Waals surface area contributed by atoms with E-state index >= 15 is 0 Å². The van der Waals surface area contributed by atoms with Gasteiger partial charge in [-0.3, -0.25) is 4.98 Å². The average Bonchev–Trinajstić information content (AvgIpc) is 3.02. The molecule has 4 nitrogen and oxygen atoms in total. The van der Waals surface area contributed by atoms with Crippen LogP contribution in [0.5, 0.6) is 5.75 Å². The van der Waals surface area contributed by atoms with Crippen LogP contribution in [0.25, 0.3) is 11.0 Å². The van der Waals surface area contributed by atoms with Crippen molar-refractivity contribution in [1.29, 1.82) is 0 Å². The van der Waals surface area contributed by atoms with Crippen LogP contribution in [0.1, 0.15) is 23.8 Å². The monoisotopic (exact) mass is 368 g/mol. The van der Waals surface area contributed by atoms with Crippen LogP contribution in [0.3, 0.4) is 0 Å². The maximum absolute atomic E-state index is 5.87. The molecule has 2 N–H and O–H groups in total. The van der Waals surface area contributed by atoms with Gasteiger partial charge in [-0.05, 0) is 36.4 Å². The Morgan fingerprint density at radius 3 is 2.77 bits per heavy atom. The lowest BCUT2D eigenvalue weighted by Crippen LogP contribution is -1.95. The molecule has 0 radical (unpaired) electrons. The fraction of sp³-hybridized carbons (Fsp3) is 0.286. The number of pyridine rings is 1. The van der Waals surface area contributed by atoms with E-state index < -0.39 is 0 Å². The van der Waals surface area contributed by atoms with Crippen LogP contribution in [-0.4, -0.2) is 17.3 Å². The third-order valence-corrected chi connectivity index (χ3v) is 4.60. The second-order valence-electron chi connectivity index (χ2n) is 5.47. The number of hydrogen-bond acceptors (Lipinski definition) is 5. The van der Waals surface area contributed by atoms with E-state index in [1.54, 1.807) is 12.4 Å². The number of rotatable bonds is 6. The van der Waals surface area contributed by atoms with Crippen LogP contribution in [0.4, 0.5) is 0 Å². The minimum Gasteiger partial charge on any atom is -0.480 e. The summed E-state index contributed by atoms with van der Waals surface area (Å²) in [7, 11) is 0. The van der Waals surface area contributed by atoms with E-state index in [-0.39, 0.29) is 6.61 Å². The molecular weight excluding hydrogens is 344 g/mol. The molecular formula is C21H24N2O2S. The van der Waals surface area contributed by atoms with Gasteiger partial charge in [-0.15, -0.1) is 6.42 Å². The molecule has 1 aromatic carbocycles. The van der Waals surface area contributed by atoms with Crippen LogP contribution in [0.15, 0.2) is 47.1 Å². The van der Waals surface area contributed by atoms with Crippen LogP contribution in [-0.2, 0) is 12.3 Å². The Bertz CT molecular complexity index is 854. The molecule has 0 atom stereocenters. The van der Waals surface area contributed by atoms with Gasteiger partial charge in [0.05, 0.1) is 11.1 Å². The highest BCUT2D eigenvalue weighted by molar-refractivity contribution is 7.98. The van der Waals surface area contributed by atoms with Gasteiger partial charge in [-0.25, -0.2) is 0 Å². The second-order valence-corrected chi connectivity index (χ2v) is 6.75. The zero-order valence-electron chi connectivity index (χ0n) is 15.2. The van der Waals surface area contributed by atoms with Crippen molar-refractivity contribution in [2.75, 3.05) is 12.4 Å². The molecule has 136 valence electrons. The molecule has 5 heteroatoms. The molecule has 0 fully saturated rings. The number of aromatic nitrogens is 1. The lowest BCUT2D eigenvalue weighted by molar-refractivity contribution is 0.374. The predicted octanol–water partition coefficient (Wildman–Crippen LogP) is 4.55. The topological polar surface area (TPSA) is 61.3 Å². The molecule has 0 unspecified atom stereocenters. The van der Waals surface area contributed by atoms with Gasteiger partial charge in [0, 0.05) is 24.5 Å². The van der Waals surface area contributed by atoms with Crippen molar-refractivity contribution in [2.45, 2.75) is 26.1 Å². The minimum atomic E-state index is 0.281. The number of thioether (sulfide) groups is 1. The summed E-state index contributed by atoms with van der Waals surface area (Å²) in [6, 6.07) is 9.65. The van der Waals surface area contributed by atoms with Gasteiger partial charge in [-0.2, -0.15) is 11.8 Å². The summed E-state index contributed by atoms with van der Waals surface area (Å²) in [5.41, 5.74) is 8.41. The van der Waals surface area contributed by atoms with Gasteiger partial charge in [0.25, 0.3) is 0 Å². The highest BCUT2D eigenvalue weighted by atomic mass is 32.2. The SMILES string of the molecule is C#CCOc1cccc2oc(CSCC)c(C)c12.NCc1cccnc1. The number of nitrogens with two attached hydrogens (primary N) is 1. The molecule has 0 aliphatic rings. The summed E-state index contributed by atoms with van der Waals surface area (Å²) in [4.78, 5) is 3.88. The number of terminal acetylenes is 1. The third kappa shape index (κ3) is 5.29. The van der Waals surface area contributed by atoms with Crippen molar-refractivity contribution >= 4 is 22.7 Å². The molecule has 0 amide bonds. The second kappa shape index (κ2) is 10.5. The molecule has 0 aliphatic heterocycles. The maximum atomic E-state index is 5.87. The van der Waals surface area contributed by atoms with Gasteiger partial charge >= 0.3 is 0 Å². The van der Waals surface area contributed by atoms with Crippen molar-refractivity contribution in [2.24, 2.45) is 5.73 Å². The number of furan rings is 1. The first-order chi connectivity index (χ1) is 12.7. The molecule has 0 spiro atoms. The van der Waals surface area contributed by atoms with Crippen molar-refractivity contribution in [3.63, 3.8) is 0 Å². The summed E-state index contributed by atoms with van der Waals surface area (Å²) >= 11 is 1.85. The van der Waals surface area contributed by atoms with Gasteiger partial charge in [-0.1, -0.05) is 25.0 Å². The highest BCUT2D eigenvalue weighted by Crippen LogP contribution is 2.34. The molecule has 3 rings (SSSR count). The molecule has 3 aromatic rings. The normalized spacial score (nSPS) is 10.1. The Morgan fingerprint density at radius 2 is 2.15 bits per heavy atom. The van der Waals surface area contributed by atoms with Crippen LogP contribution in [0, 0.1) is 19.3 Å². The fourth-order valence-corrected chi connectivity index (χ4v) is 3.07. The first-order valence-corrected chi connectivity index (χ1v) is 9.60. The Kier molecular flexibility index (Phi) is 8.07. The van der Waals surface area contributed by atoms with Crippen LogP contribution < -0.4 is 10.5 Å². The number of aryl methyl sites for hydroxylation is 1. The fourth-order valence-electron chi connectivity index (χ4n) is 2.41.